The van der Waals surface area contributed by atoms with E-state index >= 15 is 0 Å². The van der Waals surface area contributed by atoms with Gasteiger partial charge >= 0.3 is 17.9 Å². The van der Waals surface area contributed by atoms with Gasteiger partial charge in [-0.1, -0.05) is 30.3 Å². The third-order valence-corrected chi connectivity index (χ3v) is 3.82. The van der Waals surface area contributed by atoms with Crippen LogP contribution in [0.5, 0.6) is 0 Å². The summed E-state index contributed by atoms with van der Waals surface area (Å²) in [5.74, 6) is -5.39. The summed E-state index contributed by atoms with van der Waals surface area (Å²) in [7, 11) is 1.30. The van der Waals surface area contributed by atoms with E-state index in [1.54, 1.807) is 44.2 Å². The average molecular weight is 395 g/mol. The lowest BCUT2D eigenvalue weighted by molar-refractivity contribution is -0.160. The molecule has 0 heterocycles. The van der Waals surface area contributed by atoms with Crippen LogP contribution in [0.2, 0.25) is 0 Å². The van der Waals surface area contributed by atoms with E-state index in [4.69, 9.17) is 14.2 Å². The molecular formula is C19H25NO8. The Morgan fingerprint density at radius 2 is 1.64 bits per heavy atom. The summed E-state index contributed by atoms with van der Waals surface area (Å²) in [6, 6.07) is 6.74. The van der Waals surface area contributed by atoms with E-state index in [0.717, 1.165) is 0 Å². The number of benzene rings is 1. The summed E-state index contributed by atoms with van der Waals surface area (Å²) >= 11 is 0. The predicted octanol–water partition coefficient (Wildman–Crippen LogP) is 1.08. The smallest absolute Gasteiger partial charge is 0.327 e. The average Bonchev–Trinajstić information content (AvgIpc) is 2.66. The van der Waals surface area contributed by atoms with Gasteiger partial charge in [-0.15, -0.1) is 0 Å². The van der Waals surface area contributed by atoms with Crippen molar-refractivity contribution in [1.82, 2.24) is 5.32 Å². The lowest BCUT2D eigenvalue weighted by Crippen LogP contribution is -2.51. The van der Waals surface area contributed by atoms with Crippen LogP contribution in [0.15, 0.2) is 30.3 Å². The van der Waals surface area contributed by atoms with Crippen molar-refractivity contribution in [2.24, 2.45) is 5.92 Å². The molecule has 0 saturated carbocycles. The second kappa shape index (κ2) is 11.7. The van der Waals surface area contributed by atoms with Crippen molar-refractivity contribution in [3.05, 3.63) is 35.9 Å². The third-order valence-electron chi connectivity index (χ3n) is 3.82. The Morgan fingerprint density at radius 1 is 1.04 bits per heavy atom. The molecule has 1 aromatic rings. The number of carbonyl (C=O) groups is 4. The van der Waals surface area contributed by atoms with Crippen LogP contribution in [0, 0.1) is 5.92 Å². The first-order valence-corrected chi connectivity index (χ1v) is 8.78. The van der Waals surface area contributed by atoms with Gasteiger partial charge in [0.25, 0.3) is 5.91 Å². The number of esters is 2. The molecule has 0 aliphatic heterocycles. The Labute approximate surface area is 163 Å². The molecule has 28 heavy (non-hydrogen) atoms. The highest BCUT2D eigenvalue weighted by Gasteiger charge is 2.39. The summed E-state index contributed by atoms with van der Waals surface area (Å²) in [6.07, 6.45) is -1.64. The van der Waals surface area contributed by atoms with Gasteiger partial charge in [-0.2, -0.15) is 0 Å². The number of methoxy groups -OCH3 is 1. The SMILES string of the molecule is CCOC(=O)C[C@H](C(=O)OCC)[C@H](NC(=O)[C@@H](OC)c1ccccc1)C(=O)O. The first-order valence-electron chi connectivity index (χ1n) is 8.78. The zero-order valence-electron chi connectivity index (χ0n) is 16.0. The maximum atomic E-state index is 12.6. The molecule has 1 amide bonds. The molecule has 154 valence electrons. The molecule has 0 saturated heterocycles. The first-order chi connectivity index (χ1) is 13.3. The van der Waals surface area contributed by atoms with E-state index in [1.165, 1.54) is 7.11 Å². The van der Waals surface area contributed by atoms with Crippen LogP contribution in [0.4, 0.5) is 0 Å². The van der Waals surface area contributed by atoms with Crippen molar-refractivity contribution in [2.75, 3.05) is 20.3 Å². The lowest BCUT2D eigenvalue weighted by atomic mass is 9.95. The Balaban J connectivity index is 3.08. The molecule has 1 rings (SSSR count). The van der Waals surface area contributed by atoms with Crippen LogP contribution in [0.25, 0.3) is 0 Å². The maximum absolute atomic E-state index is 12.6. The van der Waals surface area contributed by atoms with E-state index in [2.05, 4.69) is 5.32 Å². The van der Waals surface area contributed by atoms with Crippen molar-refractivity contribution in [2.45, 2.75) is 32.4 Å². The number of carboxylic acid groups (broad SMARTS) is 1. The number of hydrogen-bond donors (Lipinski definition) is 2. The minimum absolute atomic E-state index is 0.0108. The normalized spacial score (nSPS) is 13.7. The number of amides is 1. The number of carbonyl (C=O) groups excluding carboxylic acids is 3. The highest BCUT2D eigenvalue weighted by molar-refractivity contribution is 5.92. The molecular weight excluding hydrogens is 370 g/mol. The van der Waals surface area contributed by atoms with Gasteiger partial charge in [-0.05, 0) is 19.4 Å². The summed E-state index contributed by atoms with van der Waals surface area (Å²) in [5, 5.41) is 11.8. The minimum Gasteiger partial charge on any atom is -0.480 e. The van der Waals surface area contributed by atoms with Crippen LogP contribution in [-0.2, 0) is 33.4 Å². The fourth-order valence-electron chi connectivity index (χ4n) is 2.57. The number of nitrogens with one attached hydrogen (secondary N) is 1. The van der Waals surface area contributed by atoms with E-state index in [-0.39, 0.29) is 13.2 Å². The van der Waals surface area contributed by atoms with Crippen LogP contribution in [0.1, 0.15) is 31.9 Å². The molecule has 0 bridgehead atoms. The van der Waals surface area contributed by atoms with Crippen LogP contribution < -0.4 is 5.32 Å². The van der Waals surface area contributed by atoms with Crippen LogP contribution >= 0.6 is 0 Å². The standard InChI is InChI=1S/C19H25NO8/c1-4-27-14(21)11-13(19(25)28-5-2)15(18(23)24)20-17(22)16(26-3)12-9-7-6-8-10-12/h6-10,13,15-16H,4-5,11H2,1-3H3,(H,20,22)(H,23,24)/t13-,15-,16-/m0/s1. The molecule has 0 aliphatic carbocycles. The van der Waals surface area contributed by atoms with Gasteiger partial charge in [0.1, 0.15) is 6.04 Å². The van der Waals surface area contributed by atoms with Crippen molar-refractivity contribution in [1.29, 1.82) is 0 Å². The second-order valence-electron chi connectivity index (χ2n) is 5.72. The van der Waals surface area contributed by atoms with Gasteiger partial charge in [0.15, 0.2) is 6.10 Å². The highest BCUT2D eigenvalue weighted by atomic mass is 16.5. The fourth-order valence-corrected chi connectivity index (χ4v) is 2.57. The van der Waals surface area contributed by atoms with Crippen molar-refractivity contribution in [3.8, 4) is 0 Å². The zero-order valence-corrected chi connectivity index (χ0v) is 16.0. The molecule has 0 spiro atoms. The molecule has 0 aromatic heterocycles. The molecule has 9 heteroatoms. The predicted molar refractivity (Wildman–Crippen MR) is 97.1 cm³/mol. The maximum Gasteiger partial charge on any atom is 0.327 e. The number of carboxylic acids is 1. The first kappa shape index (κ1) is 23.1. The van der Waals surface area contributed by atoms with Gasteiger partial charge in [-0.25, -0.2) is 4.79 Å². The fraction of sp³-hybridized carbons (Fsp3) is 0.474. The molecule has 9 nitrogen and oxygen atoms in total. The van der Waals surface area contributed by atoms with E-state index in [0.29, 0.717) is 5.56 Å². The molecule has 0 unspecified atom stereocenters. The number of hydrogen-bond acceptors (Lipinski definition) is 7. The van der Waals surface area contributed by atoms with Gasteiger partial charge in [-0.3, -0.25) is 14.4 Å². The van der Waals surface area contributed by atoms with E-state index < -0.39 is 48.3 Å². The Bertz CT molecular complexity index is 676. The van der Waals surface area contributed by atoms with Gasteiger partial charge < -0.3 is 24.6 Å². The molecule has 2 N–H and O–H groups in total. The topological polar surface area (TPSA) is 128 Å². The van der Waals surface area contributed by atoms with Crippen molar-refractivity contribution in [3.63, 3.8) is 0 Å². The zero-order chi connectivity index (χ0) is 21.1. The van der Waals surface area contributed by atoms with Crippen LogP contribution in [-0.4, -0.2) is 55.3 Å². The van der Waals surface area contributed by atoms with Crippen molar-refractivity contribution >= 4 is 23.8 Å². The second-order valence-corrected chi connectivity index (χ2v) is 5.72. The van der Waals surface area contributed by atoms with Crippen molar-refractivity contribution < 1.29 is 38.5 Å². The summed E-state index contributed by atoms with van der Waals surface area (Å²) < 4.78 is 14.8. The molecule has 3 atom stereocenters. The Kier molecular flexibility index (Phi) is 9.66. The van der Waals surface area contributed by atoms with Gasteiger partial charge in [0, 0.05) is 7.11 Å². The lowest BCUT2D eigenvalue weighted by Gasteiger charge is -2.25. The summed E-state index contributed by atoms with van der Waals surface area (Å²) in [5.41, 5.74) is 0.504. The third kappa shape index (κ3) is 6.66. The Hall–Kier alpha value is -2.94. The molecule has 0 fully saturated rings. The summed E-state index contributed by atoms with van der Waals surface area (Å²) in [4.78, 5) is 48.4. The number of rotatable bonds is 11. The largest absolute Gasteiger partial charge is 0.480 e. The number of ether oxygens (including phenoxy) is 3. The molecule has 0 aliphatic rings. The molecule has 0 radical (unpaired) electrons. The molecule has 1 aromatic carbocycles. The summed E-state index contributed by atoms with van der Waals surface area (Å²) in [6.45, 7) is 3.18. The quantitative estimate of drug-likeness (QED) is 0.533. The van der Waals surface area contributed by atoms with Crippen LogP contribution in [0.3, 0.4) is 0 Å². The minimum atomic E-state index is -1.70. The monoisotopic (exact) mass is 395 g/mol. The number of aliphatic carboxylic acids is 1. The van der Waals surface area contributed by atoms with Gasteiger partial charge in [0.05, 0.1) is 25.6 Å². The van der Waals surface area contributed by atoms with E-state index in [1.807, 2.05) is 0 Å². The van der Waals surface area contributed by atoms with Gasteiger partial charge in [0.2, 0.25) is 0 Å². The van der Waals surface area contributed by atoms with E-state index in [9.17, 15) is 24.3 Å². The highest BCUT2D eigenvalue weighted by Crippen LogP contribution is 2.19. The Morgan fingerprint density at radius 3 is 2.14 bits per heavy atom.